The molecule has 1 aliphatic rings. The van der Waals surface area contributed by atoms with E-state index in [-0.39, 0.29) is 5.04 Å². The van der Waals surface area contributed by atoms with E-state index >= 15 is 0 Å². The SMILES string of the molecule is CC1C(S(C)(=O)=O)=NNc2c(-c3ccccc3)cnn21. The molecule has 104 valence electrons. The number of rotatable bonds is 1. The molecular weight excluding hydrogens is 276 g/mol. The number of fused-ring (bicyclic) bond motifs is 1. The molecule has 1 aromatic carbocycles. The number of benzene rings is 1. The van der Waals surface area contributed by atoms with Gasteiger partial charge in [-0.05, 0) is 12.5 Å². The average Bonchev–Trinajstić information content (AvgIpc) is 2.83. The van der Waals surface area contributed by atoms with Crippen molar-refractivity contribution in [3.05, 3.63) is 36.5 Å². The van der Waals surface area contributed by atoms with Gasteiger partial charge in [-0.3, -0.25) is 5.43 Å². The third-order valence-electron chi connectivity index (χ3n) is 3.26. The maximum Gasteiger partial charge on any atom is 0.192 e. The van der Waals surface area contributed by atoms with E-state index in [1.807, 2.05) is 30.3 Å². The van der Waals surface area contributed by atoms with E-state index in [1.165, 1.54) is 0 Å². The molecule has 6 nitrogen and oxygen atoms in total. The van der Waals surface area contributed by atoms with Gasteiger partial charge in [-0.25, -0.2) is 13.1 Å². The summed E-state index contributed by atoms with van der Waals surface area (Å²) in [6.45, 7) is 1.77. The number of hydrogen-bond donors (Lipinski definition) is 1. The first-order chi connectivity index (χ1) is 9.48. The summed E-state index contributed by atoms with van der Waals surface area (Å²) in [5, 5.41) is 8.38. The second kappa shape index (κ2) is 4.45. The van der Waals surface area contributed by atoms with Crippen LogP contribution in [0.4, 0.5) is 5.82 Å². The monoisotopic (exact) mass is 290 g/mol. The van der Waals surface area contributed by atoms with Crippen LogP contribution < -0.4 is 5.43 Å². The highest BCUT2D eigenvalue weighted by atomic mass is 32.2. The van der Waals surface area contributed by atoms with Gasteiger partial charge in [-0.1, -0.05) is 30.3 Å². The maximum absolute atomic E-state index is 11.7. The third kappa shape index (κ3) is 2.00. The van der Waals surface area contributed by atoms with E-state index in [0.717, 1.165) is 17.4 Å². The topological polar surface area (TPSA) is 76.3 Å². The number of sulfone groups is 1. The quantitative estimate of drug-likeness (QED) is 0.870. The van der Waals surface area contributed by atoms with Crippen molar-refractivity contribution in [2.24, 2.45) is 5.10 Å². The predicted molar refractivity (Wildman–Crippen MR) is 78.3 cm³/mol. The number of aromatic nitrogens is 2. The molecule has 3 rings (SSSR count). The van der Waals surface area contributed by atoms with E-state index in [9.17, 15) is 8.42 Å². The van der Waals surface area contributed by atoms with Crippen LogP contribution in [0, 0.1) is 0 Å². The van der Waals surface area contributed by atoms with Gasteiger partial charge in [0.2, 0.25) is 0 Å². The number of hydrogen-bond acceptors (Lipinski definition) is 5. The Kier molecular flexibility index (Phi) is 2.86. The van der Waals surface area contributed by atoms with Crippen LogP contribution in [0.15, 0.2) is 41.6 Å². The Morgan fingerprint density at radius 3 is 2.60 bits per heavy atom. The van der Waals surface area contributed by atoms with Crippen molar-refractivity contribution < 1.29 is 8.42 Å². The lowest BCUT2D eigenvalue weighted by atomic mass is 10.1. The summed E-state index contributed by atoms with van der Waals surface area (Å²) in [6.07, 6.45) is 2.87. The first-order valence-electron chi connectivity index (χ1n) is 6.15. The summed E-state index contributed by atoms with van der Waals surface area (Å²) >= 11 is 0. The second-order valence-electron chi connectivity index (χ2n) is 4.73. The van der Waals surface area contributed by atoms with Gasteiger partial charge < -0.3 is 0 Å². The fraction of sp³-hybridized carbons (Fsp3) is 0.231. The first kappa shape index (κ1) is 12.9. The fourth-order valence-corrected chi connectivity index (χ4v) is 3.23. The van der Waals surface area contributed by atoms with Crippen LogP contribution in [-0.4, -0.2) is 29.5 Å². The van der Waals surface area contributed by atoms with Crippen LogP contribution in [0.25, 0.3) is 11.1 Å². The highest BCUT2D eigenvalue weighted by Crippen LogP contribution is 2.32. The molecule has 20 heavy (non-hydrogen) atoms. The van der Waals surface area contributed by atoms with Gasteiger partial charge in [0.15, 0.2) is 20.7 Å². The predicted octanol–water partition coefficient (Wildman–Crippen LogP) is 1.89. The molecule has 0 bridgehead atoms. The second-order valence-corrected chi connectivity index (χ2v) is 6.69. The molecule has 1 unspecified atom stereocenters. The van der Waals surface area contributed by atoms with Crippen LogP contribution >= 0.6 is 0 Å². The van der Waals surface area contributed by atoms with Gasteiger partial charge in [0.25, 0.3) is 0 Å². The van der Waals surface area contributed by atoms with Gasteiger partial charge >= 0.3 is 0 Å². The highest BCUT2D eigenvalue weighted by molar-refractivity contribution is 8.05. The lowest BCUT2D eigenvalue weighted by Gasteiger charge is -2.22. The molecular formula is C13H14N4O2S. The van der Waals surface area contributed by atoms with Gasteiger partial charge in [0, 0.05) is 11.8 Å². The molecule has 1 aromatic heterocycles. The summed E-state index contributed by atoms with van der Waals surface area (Å²) in [6, 6.07) is 9.35. The normalized spacial score (nSPS) is 18.1. The summed E-state index contributed by atoms with van der Waals surface area (Å²) in [5.41, 5.74) is 4.71. The molecule has 0 aliphatic carbocycles. The fourth-order valence-electron chi connectivity index (χ4n) is 2.30. The molecule has 1 atom stereocenters. The first-order valence-corrected chi connectivity index (χ1v) is 8.04. The molecule has 2 heterocycles. The number of nitrogens with one attached hydrogen (secondary N) is 1. The van der Waals surface area contributed by atoms with E-state index in [4.69, 9.17) is 0 Å². The zero-order chi connectivity index (χ0) is 14.3. The number of anilines is 1. The number of hydrazone groups is 1. The summed E-state index contributed by atoms with van der Waals surface area (Å²) in [7, 11) is -3.35. The summed E-state index contributed by atoms with van der Waals surface area (Å²) < 4.78 is 25.0. The van der Waals surface area contributed by atoms with Crippen LogP contribution in [-0.2, 0) is 9.84 Å². The molecule has 0 saturated heterocycles. The summed E-state index contributed by atoms with van der Waals surface area (Å²) in [4.78, 5) is 0. The minimum atomic E-state index is -3.35. The van der Waals surface area contributed by atoms with Crippen molar-refractivity contribution in [3.8, 4) is 11.1 Å². The van der Waals surface area contributed by atoms with Crippen molar-refractivity contribution in [2.75, 3.05) is 11.7 Å². The highest BCUT2D eigenvalue weighted by Gasteiger charge is 2.30. The molecule has 0 fully saturated rings. The molecule has 7 heteroatoms. The van der Waals surface area contributed by atoms with Crippen LogP contribution in [0.1, 0.15) is 13.0 Å². The van der Waals surface area contributed by atoms with Gasteiger partial charge in [0.05, 0.1) is 6.20 Å². The maximum atomic E-state index is 11.7. The average molecular weight is 290 g/mol. The van der Waals surface area contributed by atoms with Gasteiger partial charge in [0.1, 0.15) is 6.04 Å². The van der Waals surface area contributed by atoms with Crippen molar-refractivity contribution >= 4 is 20.7 Å². The Morgan fingerprint density at radius 1 is 1.25 bits per heavy atom. The smallest absolute Gasteiger partial charge is 0.192 e. The van der Waals surface area contributed by atoms with E-state index in [2.05, 4.69) is 15.6 Å². The van der Waals surface area contributed by atoms with Gasteiger partial charge in [-0.2, -0.15) is 10.2 Å². The molecule has 0 amide bonds. The molecule has 0 spiro atoms. The number of nitrogens with zero attached hydrogens (tertiary/aromatic N) is 3. The van der Waals surface area contributed by atoms with E-state index in [1.54, 1.807) is 17.8 Å². The van der Waals surface area contributed by atoms with Crippen molar-refractivity contribution in [3.63, 3.8) is 0 Å². The minimum Gasteiger partial charge on any atom is -0.260 e. The van der Waals surface area contributed by atoms with Gasteiger partial charge in [-0.15, -0.1) is 0 Å². The third-order valence-corrected chi connectivity index (χ3v) is 4.45. The van der Waals surface area contributed by atoms with Crippen molar-refractivity contribution in [1.29, 1.82) is 0 Å². The van der Waals surface area contributed by atoms with Crippen LogP contribution in [0.5, 0.6) is 0 Å². The van der Waals surface area contributed by atoms with E-state index < -0.39 is 15.9 Å². The standard InChI is InChI=1S/C13H14N4O2S/c1-9-13(20(2,18)19)16-15-12-11(8-14-17(9)12)10-6-4-3-5-7-10/h3-9,15H,1-2H3. The Bertz CT molecular complexity index is 778. The molecule has 0 saturated carbocycles. The summed E-state index contributed by atoms with van der Waals surface area (Å²) in [5.74, 6) is 0.705. The Labute approximate surface area is 117 Å². The molecule has 1 aliphatic heterocycles. The van der Waals surface area contributed by atoms with Crippen LogP contribution in [0.3, 0.4) is 0 Å². The van der Waals surface area contributed by atoms with Crippen molar-refractivity contribution in [1.82, 2.24) is 9.78 Å². The molecule has 0 radical (unpaired) electrons. The van der Waals surface area contributed by atoms with Crippen LogP contribution in [0.2, 0.25) is 0 Å². The lowest BCUT2D eigenvalue weighted by Crippen LogP contribution is -2.30. The Balaban J connectivity index is 2.08. The Hall–Kier alpha value is -2.15. The lowest BCUT2D eigenvalue weighted by molar-refractivity contribution is 0.588. The van der Waals surface area contributed by atoms with Crippen molar-refractivity contribution in [2.45, 2.75) is 13.0 Å². The Morgan fingerprint density at radius 2 is 1.95 bits per heavy atom. The molecule has 2 aromatic rings. The zero-order valence-electron chi connectivity index (χ0n) is 11.1. The van der Waals surface area contributed by atoms with E-state index in [0.29, 0.717) is 5.82 Å². The largest absolute Gasteiger partial charge is 0.260 e. The zero-order valence-corrected chi connectivity index (χ0v) is 11.9. The molecule has 1 N–H and O–H groups in total. The minimum absolute atomic E-state index is 0.0905.